The molecule has 2 rings (SSSR count). The van der Waals surface area contributed by atoms with E-state index in [0.29, 0.717) is 11.1 Å². The van der Waals surface area contributed by atoms with Crippen LogP contribution in [0.4, 0.5) is 0 Å². The van der Waals surface area contributed by atoms with Gasteiger partial charge in [0.15, 0.2) is 12.4 Å². The number of carbonyl (C=O) groups is 2. The minimum Gasteiger partial charge on any atom is -0.454 e. The number of benzene rings is 2. The molecule has 0 aliphatic heterocycles. The van der Waals surface area contributed by atoms with Gasteiger partial charge in [-0.15, -0.1) is 0 Å². The van der Waals surface area contributed by atoms with E-state index in [0.717, 1.165) is 6.07 Å². The first-order valence-electron chi connectivity index (χ1n) is 6.68. The highest BCUT2D eigenvalue weighted by Gasteiger charge is 2.17. The summed E-state index contributed by atoms with van der Waals surface area (Å²) in [5.41, 5.74) is 0.860. The zero-order chi connectivity index (χ0) is 17.0. The molecule has 2 N–H and O–H groups in total. The topological polar surface area (TPSA) is 104 Å². The van der Waals surface area contributed by atoms with Crippen molar-refractivity contribution in [2.24, 2.45) is 5.14 Å². The van der Waals surface area contributed by atoms with Crippen LogP contribution >= 0.6 is 0 Å². The fourth-order valence-electron chi connectivity index (χ4n) is 1.96. The smallest absolute Gasteiger partial charge is 0.338 e. The summed E-state index contributed by atoms with van der Waals surface area (Å²) in [7, 11) is -3.94. The number of aryl methyl sites for hydroxylation is 1. The molecule has 0 atom stereocenters. The molecule has 120 valence electrons. The molecule has 0 saturated heterocycles. The van der Waals surface area contributed by atoms with Gasteiger partial charge in [0.2, 0.25) is 10.0 Å². The maximum atomic E-state index is 12.0. The van der Waals surface area contributed by atoms with Crippen molar-refractivity contribution < 1.29 is 22.7 Å². The molecule has 0 aromatic heterocycles. The largest absolute Gasteiger partial charge is 0.454 e. The number of hydrogen-bond acceptors (Lipinski definition) is 5. The Balaban J connectivity index is 2.11. The number of Topliss-reactive ketones (excluding diaryl/α,β-unsaturated/α-hetero) is 1. The molecule has 0 unspecified atom stereocenters. The van der Waals surface area contributed by atoms with Crippen molar-refractivity contribution in [3.63, 3.8) is 0 Å². The third-order valence-corrected chi connectivity index (χ3v) is 4.21. The van der Waals surface area contributed by atoms with Crippen molar-refractivity contribution in [2.45, 2.75) is 11.8 Å². The van der Waals surface area contributed by atoms with Gasteiger partial charge in [-0.05, 0) is 24.6 Å². The molecule has 6 nitrogen and oxygen atoms in total. The monoisotopic (exact) mass is 333 g/mol. The summed E-state index contributed by atoms with van der Waals surface area (Å²) in [5.74, 6) is -1.14. The van der Waals surface area contributed by atoms with E-state index < -0.39 is 22.6 Å². The predicted molar refractivity (Wildman–Crippen MR) is 83.6 cm³/mol. The summed E-state index contributed by atoms with van der Waals surface area (Å²) < 4.78 is 27.8. The Morgan fingerprint density at radius 1 is 1.04 bits per heavy atom. The Hall–Kier alpha value is -2.51. The maximum absolute atomic E-state index is 12.0. The molecule has 0 aliphatic rings. The Labute approximate surface area is 133 Å². The molecule has 7 heteroatoms. The third-order valence-electron chi connectivity index (χ3n) is 3.16. The number of esters is 1. The standard InChI is InChI=1S/C16H15NO5S/c1-11-7-8-13(9-15(11)23(17,20)21)16(19)22-10-14(18)12-5-3-2-4-6-12/h2-9H,10H2,1H3,(H2,17,20,21). The number of rotatable bonds is 5. The van der Waals surface area contributed by atoms with Crippen molar-refractivity contribution in [3.05, 3.63) is 65.2 Å². The highest BCUT2D eigenvalue weighted by Crippen LogP contribution is 2.16. The van der Waals surface area contributed by atoms with Gasteiger partial charge in [0, 0.05) is 5.56 Å². The van der Waals surface area contributed by atoms with Crippen molar-refractivity contribution in [2.75, 3.05) is 6.61 Å². The molecule has 0 spiro atoms. The molecule has 0 radical (unpaired) electrons. The molecule has 23 heavy (non-hydrogen) atoms. The van der Waals surface area contributed by atoms with Gasteiger partial charge in [-0.3, -0.25) is 4.79 Å². The lowest BCUT2D eigenvalue weighted by Gasteiger charge is -2.07. The summed E-state index contributed by atoms with van der Waals surface area (Å²) in [4.78, 5) is 23.7. The van der Waals surface area contributed by atoms with E-state index in [1.165, 1.54) is 12.1 Å². The number of nitrogens with two attached hydrogens (primary N) is 1. The average molecular weight is 333 g/mol. The molecular weight excluding hydrogens is 318 g/mol. The number of hydrogen-bond donors (Lipinski definition) is 1. The summed E-state index contributed by atoms with van der Waals surface area (Å²) >= 11 is 0. The van der Waals surface area contributed by atoms with Gasteiger partial charge >= 0.3 is 5.97 Å². The first-order chi connectivity index (χ1) is 10.8. The fraction of sp³-hybridized carbons (Fsp3) is 0.125. The summed E-state index contributed by atoms with van der Waals surface area (Å²) in [5, 5.41) is 5.09. The Kier molecular flexibility index (Phi) is 4.92. The van der Waals surface area contributed by atoms with Gasteiger partial charge in [-0.25, -0.2) is 18.4 Å². The highest BCUT2D eigenvalue weighted by molar-refractivity contribution is 7.89. The van der Waals surface area contributed by atoms with Crippen LogP contribution in [0.1, 0.15) is 26.3 Å². The van der Waals surface area contributed by atoms with Gasteiger partial charge in [0.25, 0.3) is 0 Å². The van der Waals surface area contributed by atoms with Crippen molar-refractivity contribution in [1.29, 1.82) is 0 Å². The predicted octanol–water partition coefficient (Wildman–Crippen LogP) is 1.68. The normalized spacial score (nSPS) is 11.0. The number of sulfonamides is 1. The average Bonchev–Trinajstić information content (AvgIpc) is 2.52. The molecule has 0 fully saturated rings. The summed E-state index contributed by atoms with van der Waals surface area (Å²) in [6, 6.07) is 12.4. The van der Waals surface area contributed by atoms with Crippen LogP contribution in [0.15, 0.2) is 53.4 Å². The number of ether oxygens (including phenoxy) is 1. The van der Waals surface area contributed by atoms with Crippen LogP contribution in [0.5, 0.6) is 0 Å². The third kappa shape index (κ3) is 4.24. The minimum absolute atomic E-state index is 0.0143. The molecule has 0 aliphatic carbocycles. The van der Waals surface area contributed by atoms with Crippen LogP contribution in [0, 0.1) is 6.92 Å². The highest BCUT2D eigenvalue weighted by atomic mass is 32.2. The molecule has 0 saturated carbocycles. The van der Waals surface area contributed by atoms with Crippen molar-refractivity contribution >= 4 is 21.8 Å². The quantitative estimate of drug-likeness (QED) is 0.662. The van der Waals surface area contributed by atoms with Gasteiger partial charge in [-0.2, -0.15) is 0 Å². The van der Waals surface area contributed by atoms with E-state index in [4.69, 9.17) is 9.88 Å². The fourth-order valence-corrected chi connectivity index (χ4v) is 2.76. The van der Waals surface area contributed by atoms with E-state index in [1.54, 1.807) is 37.3 Å². The second-order valence-electron chi connectivity index (χ2n) is 4.89. The lowest BCUT2D eigenvalue weighted by atomic mass is 10.1. The van der Waals surface area contributed by atoms with E-state index in [1.807, 2.05) is 0 Å². The first kappa shape index (κ1) is 16.9. The van der Waals surface area contributed by atoms with Gasteiger partial charge in [-0.1, -0.05) is 36.4 Å². The molecule has 2 aromatic rings. The lowest BCUT2D eigenvalue weighted by Crippen LogP contribution is -2.17. The molecule has 0 heterocycles. The SMILES string of the molecule is Cc1ccc(C(=O)OCC(=O)c2ccccc2)cc1S(N)(=O)=O. The van der Waals surface area contributed by atoms with Crippen LogP contribution in [0.2, 0.25) is 0 Å². The zero-order valence-electron chi connectivity index (χ0n) is 12.4. The van der Waals surface area contributed by atoms with Crippen LogP contribution in [-0.2, 0) is 14.8 Å². The van der Waals surface area contributed by atoms with Gasteiger partial charge < -0.3 is 4.74 Å². The second-order valence-corrected chi connectivity index (χ2v) is 6.42. The van der Waals surface area contributed by atoms with Crippen molar-refractivity contribution in [3.8, 4) is 0 Å². The Morgan fingerprint density at radius 2 is 1.70 bits per heavy atom. The van der Waals surface area contributed by atoms with Crippen LogP contribution in [0.3, 0.4) is 0 Å². The lowest BCUT2D eigenvalue weighted by molar-refractivity contribution is 0.0474. The Bertz CT molecular complexity index is 844. The number of ketones is 1. The molecule has 0 amide bonds. The Morgan fingerprint density at radius 3 is 2.30 bits per heavy atom. The minimum atomic E-state index is -3.94. The van der Waals surface area contributed by atoms with Crippen LogP contribution in [0.25, 0.3) is 0 Å². The van der Waals surface area contributed by atoms with E-state index in [9.17, 15) is 18.0 Å². The maximum Gasteiger partial charge on any atom is 0.338 e. The van der Waals surface area contributed by atoms with Gasteiger partial charge in [0.05, 0.1) is 10.5 Å². The van der Waals surface area contributed by atoms with Crippen LogP contribution < -0.4 is 5.14 Å². The second kappa shape index (κ2) is 6.72. The van der Waals surface area contributed by atoms with E-state index in [-0.39, 0.29) is 16.2 Å². The number of primary sulfonamides is 1. The van der Waals surface area contributed by atoms with Crippen molar-refractivity contribution in [1.82, 2.24) is 0 Å². The molecular formula is C16H15NO5S. The zero-order valence-corrected chi connectivity index (χ0v) is 13.2. The summed E-state index contributed by atoms with van der Waals surface area (Å²) in [6.45, 7) is 1.13. The van der Waals surface area contributed by atoms with Crippen LogP contribution in [-0.4, -0.2) is 26.8 Å². The first-order valence-corrected chi connectivity index (χ1v) is 8.22. The molecule has 2 aromatic carbocycles. The summed E-state index contributed by atoms with van der Waals surface area (Å²) in [6.07, 6.45) is 0. The van der Waals surface area contributed by atoms with E-state index in [2.05, 4.69) is 0 Å². The van der Waals surface area contributed by atoms with E-state index >= 15 is 0 Å². The molecule has 0 bridgehead atoms. The number of carbonyl (C=O) groups excluding carboxylic acids is 2. The van der Waals surface area contributed by atoms with Gasteiger partial charge in [0.1, 0.15) is 0 Å².